The maximum absolute atomic E-state index is 12.8. The molecule has 1 aromatic heterocycles. The molecule has 0 bridgehead atoms. The number of rotatable bonds is 6. The maximum Gasteiger partial charge on any atom is 0.341 e. The zero-order valence-corrected chi connectivity index (χ0v) is 17.8. The van der Waals surface area contributed by atoms with Gasteiger partial charge in [-0.15, -0.1) is 11.3 Å². The second kappa shape index (κ2) is 9.22. The van der Waals surface area contributed by atoms with E-state index in [9.17, 15) is 14.4 Å². The van der Waals surface area contributed by atoms with Crippen LogP contribution in [0.4, 0.5) is 5.00 Å². The van der Waals surface area contributed by atoms with Gasteiger partial charge in [-0.1, -0.05) is 31.0 Å². The SMILES string of the molecule is CCOC(=O)c1c(NC(=O)c2ccccc2C)sc(C(=O)NC2CCCC2)c1C. The fourth-order valence-electron chi connectivity index (χ4n) is 3.59. The molecule has 2 aromatic rings. The predicted octanol–water partition coefficient (Wildman–Crippen LogP) is 4.47. The highest BCUT2D eigenvalue weighted by molar-refractivity contribution is 7.18. The van der Waals surface area contributed by atoms with Crippen molar-refractivity contribution in [2.24, 2.45) is 0 Å². The molecule has 3 rings (SSSR count). The van der Waals surface area contributed by atoms with Crippen molar-refractivity contribution >= 4 is 34.1 Å². The standard InChI is InChI=1S/C22H26N2O4S/c1-4-28-22(27)17-14(3)18(20(26)23-15-10-6-7-11-15)29-21(17)24-19(25)16-12-8-5-9-13(16)2/h5,8-9,12,15H,4,6-7,10-11H2,1-3H3,(H,23,26)(H,24,25). The van der Waals surface area contributed by atoms with E-state index < -0.39 is 5.97 Å². The van der Waals surface area contributed by atoms with Crippen LogP contribution >= 0.6 is 11.3 Å². The van der Waals surface area contributed by atoms with Crippen LogP contribution in [-0.4, -0.2) is 30.4 Å². The molecule has 0 radical (unpaired) electrons. The van der Waals surface area contributed by atoms with Gasteiger partial charge < -0.3 is 15.4 Å². The zero-order valence-electron chi connectivity index (χ0n) is 17.0. The number of carbonyl (C=O) groups excluding carboxylic acids is 3. The predicted molar refractivity (Wildman–Crippen MR) is 114 cm³/mol. The first-order valence-corrected chi connectivity index (χ1v) is 10.7. The third-order valence-corrected chi connectivity index (χ3v) is 6.35. The normalized spacial score (nSPS) is 13.9. The van der Waals surface area contributed by atoms with E-state index in [4.69, 9.17) is 4.74 Å². The first-order chi connectivity index (χ1) is 13.9. The summed E-state index contributed by atoms with van der Waals surface area (Å²) in [6.07, 6.45) is 4.16. The Balaban J connectivity index is 1.91. The summed E-state index contributed by atoms with van der Waals surface area (Å²) < 4.78 is 5.17. The minimum absolute atomic E-state index is 0.167. The summed E-state index contributed by atoms with van der Waals surface area (Å²) in [6.45, 7) is 5.50. The first-order valence-electron chi connectivity index (χ1n) is 9.90. The monoisotopic (exact) mass is 414 g/mol. The van der Waals surface area contributed by atoms with Gasteiger partial charge in [-0.05, 0) is 50.8 Å². The molecule has 6 nitrogen and oxygen atoms in total. The summed E-state index contributed by atoms with van der Waals surface area (Å²) in [5.41, 5.74) is 2.12. The van der Waals surface area contributed by atoms with Crippen molar-refractivity contribution in [1.82, 2.24) is 5.32 Å². The van der Waals surface area contributed by atoms with Gasteiger partial charge >= 0.3 is 5.97 Å². The molecule has 0 unspecified atom stereocenters. The Bertz CT molecular complexity index is 929. The molecule has 0 aliphatic heterocycles. The van der Waals surface area contributed by atoms with Crippen LogP contribution in [-0.2, 0) is 4.74 Å². The average molecular weight is 415 g/mol. The van der Waals surface area contributed by atoms with E-state index in [-0.39, 0.29) is 30.0 Å². The molecule has 29 heavy (non-hydrogen) atoms. The number of anilines is 1. The number of carbonyl (C=O) groups is 3. The third kappa shape index (κ3) is 4.67. The number of aryl methyl sites for hydroxylation is 1. The molecule has 7 heteroatoms. The number of esters is 1. The van der Waals surface area contributed by atoms with E-state index in [0.717, 1.165) is 42.6 Å². The number of nitrogens with one attached hydrogen (secondary N) is 2. The third-order valence-electron chi connectivity index (χ3n) is 5.14. The van der Waals surface area contributed by atoms with Gasteiger partial charge in [0.25, 0.3) is 11.8 Å². The number of ether oxygens (including phenoxy) is 1. The van der Waals surface area contributed by atoms with E-state index in [1.165, 1.54) is 0 Å². The maximum atomic E-state index is 12.8. The minimum atomic E-state index is -0.541. The highest BCUT2D eigenvalue weighted by Crippen LogP contribution is 2.34. The molecule has 1 aromatic carbocycles. The van der Waals surface area contributed by atoms with Crippen LogP contribution in [0.5, 0.6) is 0 Å². The van der Waals surface area contributed by atoms with Gasteiger partial charge in [0.1, 0.15) is 5.00 Å². The van der Waals surface area contributed by atoms with E-state index in [0.29, 0.717) is 21.0 Å². The lowest BCUT2D eigenvalue weighted by Crippen LogP contribution is -2.32. The molecule has 0 atom stereocenters. The average Bonchev–Trinajstić information content (AvgIpc) is 3.30. The highest BCUT2D eigenvalue weighted by Gasteiger charge is 2.28. The Labute approximate surface area is 174 Å². The molecule has 2 amide bonds. The second-order valence-electron chi connectivity index (χ2n) is 7.20. The molecule has 1 saturated carbocycles. The minimum Gasteiger partial charge on any atom is -0.462 e. The van der Waals surface area contributed by atoms with E-state index >= 15 is 0 Å². The van der Waals surface area contributed by atoms with Crippen molar-refractivity contribution < 1.29 is 19.1 Å². The molecule has 1 aliphatic rings. The van der Waals surface area contributed by atoms with Crippen LogP contribution in [0.3, 0.4) is 0 Å². The van der Waals surface area contributed by atoms with Gasteiger partial charge in [-0.25, -0.2) is 4.79 Å². The van der Waals surface area contributed by atoms with Crippen LogP contribution in [0.2, 0.25) is 0 Å². The van der Waals surface area contributed by atoms with Gasteiger partial charge in [0.05, 0.1) is 17.0 Å². The van der Waals surface area contributed by atoms with Crippen LogP contribution in [0.25, 0.3) is 0 Å². The van der Waals surface area contributed by atoms with Crippen molar-refractivity contribution in [3.05, 3.63) is 51.4 Å². The van der Waals surface area contributed by atoms with Crippen LogP contribution in [0.1, 0.15) is 74.1 Å². The summed E-state index contributed by atoms with van der Waals surface area (Å²) in [5.74, 6) is -1.07. The van der Waals surface area contributed by atoms with E-state index in [2.05, 4.69) is 10.6 Å². The number of thiophene rings is 1. The fourth-order valence-corrected chi connectivity index (χ4v) is 4.68. The molecule has 154 valence electrons. The van der Waals surface area contributed by atoms with Crippen molar-refractivity contribution in [2.45, 2.75) is 52.5 Å². The van der Waals surface area contributed by atoms with Crippen molar-refractivity contribution in [1.29, 1.82) is 0 Å². The van der Waals surface area contributed by atoms with E-state index in [1.54, 1.807) is 26.0 Å². The number of benzene rings is 1. The molecule has 0 saturated heterocycles. The summed E-state index contributed by atoms with van der Waals surface area (Å²) in [7, 11) is 0. The van der Waals surface area contributed by atoms with Gasteiger partial charge in [-0.3, -0.25) is 9.59 Å². The number of hydrogen-bond acceptors (Lipinski definition) is 5. The Morgan fingerprint density at radius 1 is 1.10 bits per heavy atom. The molecule has 1 heterocycles. The molecule has 2 N–H and O–H groups in total. The molecule has 1 fully saturated rings. The second-order valence-corrected chi connectivity index (χ2v) is 8.23. The first kappa shape index (κ1) is 21.0. The summed E-state index contributed by atoms with van der Waals surface area (Å²) in [6, 6.07) is 7.38. The van der Waals surface area contributed by atoms with Gasteiger partial charge in [0, 0.05) is 11.6 Å². The van der Waals surface area contributed by atoms with Crippen LogP contribution in [0.15, 0.2) is 24.3 Å². The zero-order chi connectivity index (χ0) is 21.0. The van der Waals surface area contributed by atoms with Gasteiger partial charge in [0.2, 0.25) is 0 Å². The van der Waals surface area contributed by atoms with E-state index in [1.807, 2.05) is 19.1 Å². The Morgan fingerprint density at radius 2 is 1.79 bits per heavy atom. The molecular formula is C22H26N2O4S. The fraction of sp³-hybridized carbons (Fsp3) is 0.409. The smallest absolute Gasteiger partial charge is 0.341 e. The van der Waals surface area contributed by atoms with Gasteiger partial charge in [-0.2, -0.15) is 0 Å². The lowest BCUT2D eigenvalue weighted by Gasteiger charge is -2.11. The molecular weight excluding hydrogens is 388 g/mol. The van der Waals surface area contributed by atoms with Crippen LogP contribution < -0.4 is 10.6 Å². The van der Waals surface area contributed by atoms with Crippen LogP contribution in [0, 0.1) is 13.8 Å². The Morgan fingerprint density at radius 3 is 2.45 bits per heavy atom. The molecule has 0 spiro atoms. The quantitative estimate of drug-likeness (QED) is 0.683. The summed E-state index contributed by atoms with van der Waals surface area (Å²) in [4.78, 5) is 38.6. The largest absolute Gasteiger partial charge is 0.462 e. The molecule has 1 aliphatic carbocycles. The summed E-state index contributed by atoms with van der Waals surface area (Å²) >= 11 is 1.12. The van der Waals surface area contributed by atoms with Crippen molar-refractivity contribution in [3.63, 3.8) is 0 Å². The highest BCUT2D eigenvalue weighted by atomic mass is 32.1. The lowest BCUT2D eigenvalue weighted by atomic mass is 10.1. The Hall–Kier alpha value is -2.67. The number of amides is 2. The van der Waals surface area contributed by atoms with Crippen molar-refractivity contribution in [3.8, 4) is 0 Å². The summed E-state index contributed by atoms with van der Waals surface area (Å²) in [5, 5.41) is 6.20. The van der Waals surface area contributed by atoms with Gasteiger partial charge in [0.15, 0.2) is 0 Å². The lowest BCUT2D eigenvalue weighted by molar-refractivity contribution is 0.0527. The van der Waals surface area contributed by atoms with Crippen molar-refractivity contribution in [2.75, 3.05) is 11.9 Å². The Kier molecular flexibility index (Phi) is 6.69. The topological polar surface area (TPSA) is 84.5 Å². The number of hydrogen-bond donors (Lipinski definition) is 2.